The van der Waals surface area contributed by atoms with Crippen molar-refractivity contribution in [3.63, 3.8) is 0 Å². The van der Waals surface area contributed by atoms with Crippen LogP contribution < -0.4 is 5.32 Å². The van der Waals surface area contributed by atoms with Crippen LogP contribution in [0, 0.1) is 5.92 Å². The minimum atomic E-state index is 0. The average molecular weight is 403 g/mol. The van der Waals surface area contributed by atoms with Crippen LogP contribution in [-0.4, -0.2) is 42.2 Å². The van der Waals surface area contributed by atoms with Gasteiger partial charge in [-0.3, -0.25) is 4.99 Å². The maximum atomic E-state index is 9.11. The molecular weight excluding hydrogens is 377 g/mol. The molecule has 0 aromatic heterocycles. The lowest BCUT2D eigenvalue weighted by atomic mass is 10.0. The standard InChI is InChI=1S/C16H25N3O.HI/c1-3-17-16(18-10-13(2)12-20)19-9-8-14-6-4-5-7-15(14)11-19;/h4-7,13,20H,3,8-12H2,1-2H3,(H,17,18);1H. The summed E-state index contributed by atoms with van der Waals surface area (Å²) in [6, 6.07) is 8.61. The molecule has 0 bridgehead atoms. The maximum Gasteiger partial charge on any atom is 0.194 e. The van der Waals surface area contributed by atoms with Gasteiger partial charge in [0.15, 0.2) is 5.96 Å². The van der Waals surface area contributed by atoms with Crippen molar-refractivity contribution in [1.82, 2.24) is 10.2 Å². The average Bonchev–Trinajstić information content (AvgIpc) is 2.50. The molecule has 2 N–H and O–H groups in total. The van der Waals surface area contributed by atoms with Crippen molar-refractivity contribution in [3.05, 3.63) is 35.4 Å². The van der Waals surface area contributed by atoms with E-state index in [0.29, 0.717) is 6.54 Å². The Kier molecular flexibility index (Phi) is 8.03. The van der Waals surface area contributed by atoms with Gasteiger partial charge in [-0.2, -0.15) is 0 Å². The molecule has 0 amide bonds. The number of aliphatic imine (C=N–C) groups is 1. The van der Waals surface area contributed by atoms with Crippen molar-refractivity contribution in [2.24, 2.45) is 10.9 Å². The van der Waals surface area contributed by atoms with Gasteiger partial charge < -0.3 is 15.3 Å². The fraction of sp³-hybridized carbons (Fsp3) is 0.562. The normalized spacial score (nSPS) is 16.0. The largest absolute Gasteiger partial charge is 0.396 e. The molecular formula is C16H26IN3O. The van der Waals surface area contributed by atoms with E-state index in [4.69, 9.17) is 5.11 Å². The van der Waals surface area contributed by atoms with Gasteiger partial charge in [-0.1, -0.05) is 31.2 Å². The van der Waals surface area contributed by atoms with Crippen molar-refractivity contribution in [2.45, 2.75) is 26.8 Å². The molecule has 4 nitrogen and oxygen atoms in total. The van der Waals surface area contributed by atoms with Gasteiger partial charge in [0.05, 0.1) is 0 Å². The Bertz CT molecular complexity index is 465. The second-order valence-corrected chi connectivity index (χ2v) is 5.42. The number of rotatable bonds is 4. The van der Waals surface area contributed by atoms with Gasteiger partial charge in [-0.05, 0) is 30.4 Å². The van der Waals surface area contributed by atoms with Crippen LogP contribution >= 0.6 is 24.0 Å². The highest BCUT2D eigenvalue weighted by Gasteiger charge is 2.18. The zero-order valence-corrected chi connectivity index (χ0v) is 15.2. The molecule has 1 aliphatic heterocycles. The molecule has 2 rings (SSSR count). The second-order valence-electron chi connectivity index (χ2n) is 5.42. The summed E-state index contributed by atoms with van der Waals surface area (Å²) in [4.78, 5) is 6.95. The van der Waals surface area contributed by atoms with Gasteiger partial charge >= 0.3 is 0 Å². The number of nitrogens with zero attached hydrogens (tertiary/aromatic N) is 2. The number of halogens is 1. The lowest BCUT2D eigenvalue weighted by Crippen LogP contribution is -2.44. The summed E-state index contributed by atoms with van der Waals surface area (Å²) in [5.41, 5.74) is 2.84. The van der Waals surface area contributed by atoms with Gasteiger partial charge in [-0.15, -0.1) is 24.0 Å². The molecule has 0 aliphatic carbocycles. The van der Waals surface area contributed by atoms with E-state index < -0.39 is 0 Å². The first-order chi connectivity index (χ1) is 9.74. The fourth-order valence-electron chi connectivity index (χ4n) is 2.40. The van der Waals surface area contributed by atoms with E-state index >= 15 is 0 Å². The van der Waals surface area contributed by atoms with Crippen molar-refractivity contribution >= 4 is 29.9 Å². The van der Waals surface area contributed by atoms with Crippen molar-refractivity contribution in [3.8, 4) is 0 Å². The molecule has 0 fully saturated rings. The van der Waals surface area contributed by atoms with Crippen LogP contribution in [0.3, 0.4) is 0 Å². The van der Waals surface area contributed by atoms with E-state index in [0.717, 1.165) is 32.0 Å². The summed E-state index contributed by atoms with van der Waals surface area (Å²) in [7, 11) is 0. The van der Waals surface area contributed by atoms with E-state index in [2.05, 4.69) is 46.4 Å². The molecule has 118 valence electrons. The van der Waals surface area contributed by atoms with Crippen LogP contribution in [0.2, 0.25) is 0 Å². The van der Waals surface area contributed by atoms with Gasteiger partial charge in [0.1, 0.15) is 0 Å². The molecule has 0 saturated carbocycles. The zero-order valence-electron chi connectivity index (χ0n) is 12.9. The smallest absolute Gasteiger partial charge is 0.194 e. The van der Waals surface area contributed by atoms with Crippen LogP contribution in [0.1, 0.15) is 25.0 Å². The van der Waals surface area contributed by atoms with Crippen LogP contribution in [0.25, 0.3) is 0 Å². The predicted molar refractivity (Wildman–Crippen MR) is 98.2 cm³/mol. The monoisotopic (exact) mass is 403 g/mol. The Hall–Kier alpha value is -0.820. The number of hydrogen-bond acceptors (Lipinski definition) is 2. The maximum absolute atomic E-state index is 9.11. The number of fused-ring (bicyclic) bond motifs is 1. The first-order valence-corrected chi connectivity index (χ1v) is 7.45. The van der Waals surface area contributed by atoms with Gasteiger partial charge in [-0.25, -0.2) is 0 Å². The number of hydrogen-bond donors (Lipinski definition) is 2. The zero-order chi connectivity index (χ0) is 14.4. The molecule has 1 atom stereocenters. The molecule has 1 unspecified atom stereocenters. The highest BCUT2D eigenvalue weighted by atomic mass is 127. The third-order valence-electron chi connectivity index (χ3n) is 3.63. The minimum absolute atomic E-state index is 0. The Labute approximate surface area is 144 Å². The lowest BCUT2D eigenvalue weighted by Gasteiger charge is -2.31. The number of nitrogens with one attached hydrogen (secondary N) is 1. The van der Waals surface area contributed by atoms with Crippen molar-refractivity contribution in [1.29, 1.82) is 0 Å². The van der Waals surface area contributed by atoms with E-state index in [1.165, 1.54) is 11.1 Å². The topological polar surface area (TPSA) is 47.9 Å². The second kappa shape index (κ2) is 9.25. The Morgan fingerprint density at radius 1 is 1.38 bits per heavy atom. The summed E-state index contributed by atoms with van der Waals surface area (Å²) in [6.07, 6.45) is 1.07. The van der Waals surface area contributed by atoms with Crippen molar-refractivity contribution in [2.75, 3.05) is 26.2 Å². The molecule has 1 heterocycles. The molecule has 0 radical (unpaired) electrons. The summed E-state index contributed by atoms with van der Waals surface area (Å²) >= 11 is 0. The van der Waals surface area contributed by atoms with E-state index in [1.54, 1.807) is 0 Å². The third-order valence-corrected chi connectivity index (χ3v) is 3.63. The SMILES string of the molecule is CCNC(=NCC(C)CO)N1CCc2ccccc2C1.I. The summed E-state index contributed by atoms with van der Waals surface area (Å²) in [6.45, 7) is 7.72. The van der Waals surface area contributed by atoms with E-state index in [9.17, 15) is 0 Å². The summed E-state index contributed by atoms with van der Waals surface area (Å²) in [5.74, 6) is 1.17. The van der Waals surface area contributed by atoms with Crippen LogP contribution in [0.5, 0.6) is 0 Å². The van der Waals surface area contributed by atoms with Gasteiger partial charge in [0.25, 0.3) is 0 Å². The van der Waals surface area contributed by atoms with Crippen LogP contribution in [0.4, 0.5) is 0 Å². The quantitative estimate of drug-likeness (QED) is 0.461. The number of guanidine groups is 1. The Morgan fingerprint density at radius 3 is 2.76 bits per heavy atom. The summed E-state index contributed by atoms with van der Waals surface area (Å²) < 4.78 is 0. The van der Waals surface area contributed by atoms with Crippen LogP contribution in [0.15, 0.2) is 29.3 Å². The minimum Gasteiger partial charge on any atom is -0.396 e. The third kappa shape index (κ3) is 5.14. The van der Waals surface area contributed by atoms with Gasteiger partial charge in [0.2, 0.25) is 0 Å². The number of aliphatic hydroxyl groups is 1. The van der Waals surface area contributed by atoms with Crippen molar-refractivity contribution < 1.29 is 5.11 Å². The molecule has 5 heteroatoms. The fourth-order valence-corrected chi connectivity index (χ4v) is 2.40. The molecule has 1 aromatic carbocycles. The lowest BCUT2D eigenvalue weighted by molar-refractivity contribution is 0.241. The molecule has 1 aliphatic rings. The number of aliphatic hydroxyl groups excluding tert-OH is 1. The molecule has 0 spiro atoms. The molecule has 0 saturated heterocycles. The molecule has 1 aromatic rings. The first-order valence-electron chi connectivity index (χ1n) is 7.45. The predicted octanol–water partition coefficient (Wildman–Crippen LogP) is 2.26. The number of benzene rings is 1. The van der Waals surface area contributed by atoms with E-state index in [1.807, 2.05) is 6.92 Å². The van der Waals surface area contributed by atoms with Crippen LogP contribution in [-0.2, 0) is 13.0 Å². The highest BCUT2D eigenvalue weighted by molar-refractivity contribution is 14.0. The summed E-state index contributed by atoms with van der Waals surface area (Å²) in [5, 5.41) is 12.5. The molecule has 21 heavy (non-hydrogen) atoms. The highest BCUT2D eigenvalue weighted by Crippen LogP contribution is 2.18. The van der Waals surface area contributed by atoms with E-state index in [-0.39, 0.29) is 36.5 Å². The van der Waals surface area contributed by atoms with Gasteiger partial charge in [0, 0.05) is 32.8 Å². The first kappa shape index (κ1) is 18.2. The Balaban J connectivity index is 0.00000220. The Morgan fingerprint density at radius 2 is 2.10 bits per heavy atom.